The van der Waals surface area contributed by atoms with Crippen LogP contribution in [-0.2, 0) is 25.5 Å². The van der Waals surface area contributed by atoms with E-state index in [0.717, 1.165) is 0 Å². The van der Waals surface area contributed by atoms with Crippen LogP contribution >= 0.6 is 11.3 Å². The first-order valence-corrected chi connectivity index (χ1v) is 10.8. The van der Waals surface area contributed by atoms with Crippen molar-refractivity contribution in [2.45, 2.75) is 6.42 Å². The molecule has 1 aromatic heterocycles. The maximum Gasteiger partial charge on any atom is 0.254 e. The molecule has 0 radical (unpaired) electrons. The zero-order valence-corrected chi connectivity index (χ0v) is 19.2. The molecule has 0 aliphatic rings. The molecule has 32 heavy (non-hydrogen) atoms. The SMILES string of the molecule is COCCNC(=O)Cc1csc(NC(=O)CN(CCOC)C(=O)c2ccc(OC)cc2)n1. The number of aromatic nitrogens is 1. The van der Waals surface area contributed by atoms with Gasteiger partial charge in [-0.1, -0.05) is 0 Å². The zero-order chi connectivity index (χ0) is 23.3. The Hall–Kier alpha value is -3.02. The average Bonchev–Trinajstić information content (AvgIpc) is 3.22. The van der Waals surface area contributed by atoms with Crippen LogP contribution in [0.15, 0.2) is 29.6 Å². The second-order valence-electron chi connectivity index (χ2n) is 6.66. The van der Waals surface area contributed by atoms with E-state index in [1.54, 1.807) is 43.9 Å². The highest BCUT2D eigenvalue weighted by molar-refractivity contribution is 7.13. The van der Waals surface area contributed by atoms with Crippen LogP contribution in [0.5, 0.6) is 5.75 Å². The molecule has 10 nitrogen and oxygen atoms in total. The Morgan fingerprint density at radius 3 is 2.41 bits per heavy atom. The van der Waals surface area contributed by atoms with Crippen molar-refractivity contribution < 1.29 is 28.6 Å². The summed E-state index contributed by atoms with van der Waals surface area (Å²) in [6.07, 6.45) is 0.103. The van der Waals surface area contributed by atoms with E-state index in [2.05, 4.69) is 15.6 Å². The molecule has 0 aliphatic carbocycles. The van der Waals surface area contributed by atoms with E-state index >= 15 is 0 Å². The van der Waals surface area contributed by atoms with Crippen LogP contribution in [0.3, 0.4) is 0 Å². The van der Waals surface area contributed by atoms with E-state index in [1.165, 1.54) is 23.3 Å². The van der Waals surface area contributed by atoms with Crippen LogP contribution in [-0.4, -0.2) is 81.8 Å². The summed E-state index contributed by atoms with van der Waals surface area (Å²) in [7, 11) is 4.63. The number of thiazole rings is 1. The lowest BCUT2D eigenvalue weighted by atomic mass is 10.2. The van der Waals surface area contributed by atoms with Gasteiger partial charge in [0.25, 0.3) is 5.91 Å². The highest BCUT2D eigenvalue weighted by atomic mass is 32.1. The number of methoxy groups -OCH3 is 3. The van der Waals surface area contributed by atoms with E-state index in [-0.39, 0.29) is 37.9 Å². The fourth-order valence-electron chi connectivity index (χ4n) is 2.67. The average molecular weight is 465 g/mol. The normalized spacial score (nSPS) is 10.5. The lowest BCUT2D eigenvalue weighted by Gasteiger charge is -2.21. The first-order valence-electron chi connectivity index (χ1n) is 9.89. The van der Waals surface area contributed by atoms with E-state index in [0.29, 0.717) is 35.3 Å². The molecule has 0 aliphatic heterocycles. The predicted molar refractivity (Wildman–Crippen MR) is 120 cm³/mol. The monoisotopic (exact) mass is 464 g/mol. The van der Waals surface area contributed by atoms with E-state index < -0.39 is 5.91 Å². The molecule has 2 rings (SSSR count). The molecule has 11 heteroatoms. The molecule has 2 aromatic rings. The Kier molecular flexibility index (Phi) is 10.6. The van der Waals surface area contributed by atoms with Crippen LogP contribution in [0.2, 0.25) is 0 Å². The van der Waals surface area contributed by atoms with Crippen molar-refractivity contribution in [3.8, 4) is 5.75 Å². The lowest BCUT2D eigenvalue weighted by molar-refractivity contribution is -0.120. The Labute approximate surface area is 190 Å². The number of hydrogen-bond donors (Lipinski definition) is 2. The van der Waals surface area contributed by atoms with Crippen LogP contribution in [0.4, 0.5) is 5.13 Å². The maximum absolute atomic E-state index is 12.9. The number of anilines is 1. The number of amides is 3. The van der Waals surface area contributed by atoms with Crippen molar-refractivity contribution in [2.24, 2.45) is 0 Å². The third-order valence-corrected chi connectivity index (χ3v) is 5.10. The van der Waals surface area contributed by atoms with Crippen LogP contribution < -0.4 is 15.4 Å². The van der Waals surface area contributed by atoms with Gasteiger partial charge in [-0.15, -0.1) is 11.3 Å². The van der Waals surface area contributed by atoms with Gasteiger partial charge in [-0.25, -0.2) is 4.98 Å². The van der Waals surface area contributed by atoms with Crippen LogP contribution in [0, 0.1) is 0 Å². The summed E-state index contributed by atoms with van der Waals surface area (Å²) in [6.45, 7) is 1.22. The first-order chi connectivity index (χ1) is 15.5. The van der Waals surface area contributed by atoms with E-state index in [4.69, 9.17) is 14.2 Å². The quantitative estimate of drug-likeness (QED) is 0.427. The van der Waals surface area contributed by atoms with E-state index in [9.17, 15) is 14.4 Å². The minimum atomic E-state index is -0.395. The summed E-state index contributed by atoms with van der Waals surface area (Å²) in [6, 6.07) is 6.65. The zero-order valence-electron chi connectivity index (χ0n) is 18.4. The molecule has 0 atom stereocenters. The van der Waals surface area contributed by atoms with E-state index in [1.807, 2.05) is 0 Å². The summed E-state index contributed by atoms with van der Waals surface area (Å²) in [4.78, 5) is 42.9. The van der Waals surface area contributed by atoms with Crippen molar-refractivity contribution in [1.82, 2.24) is 15.2 Å². The van der Waals surface area contributed by atoms with Gasteiger partial charge >= 0.3 is 0 Å². The smallest absolute Gasteiger partial charge is 0.254 e. The minimum Gasteiger partial charge on any atom is -0.497 e. The molecule has 3 amide bonds. The van der Waals surface area contributed by atoms with Crippen molar-refractivity contribution in [1.29, 1.82) is 0 Å². The van der Waals surface area contributed by atoms with Crippen LogP contribution in [0.25, 0.3) is 0 Å². The summed E-state index contributed by atoms with van der Waals surface area (Å²) < 4.78 is 15.1. The van der Waals surface area contributed by atoms with Crippen LogP contribution in [0.1, 0.15) is 16.1 Å². The third-order valence-electron chi connectivity index (χ3n) is 4.29. The molecule has 0 saturated heterocycles. The van der Waals surface area contributed by atoms with Gasteiger partial charge < -0.3 is 29.7 Å². The number of carbonyl (C=O) groups excluding carboxylic acids is 3. The molecular weight excluding hydrogens is 436 g/mol. The third kappa shape index (κ3) is 8.25. The predicted octanol–water partition coefficient (Wildman–Crippen LogP) is 1.18. The molecule has 1 aromatic carbocycles. The Morgan fingerprint density at radius 1 is 1.03 bits per heavy atom. The van der Waals surface area contributed by atoms with Gasteiger partial charge in [0, 0.05) is 38.3 Å². The number of nitrogens with zero attached hydrogens (tertiary/aromatic N) is 2. The molecule has 0 fully saturated rings. The van der Waals surface area contributed by atoms with Gasteiger partial charge in [-0.05, 0) is 24.3 Å². The highest BCUT2D eigenvalue weighted by Crippen LogP contribution is 2.17. The minimum absolute atomic E-state index is 0.103. The Bertz CT molecular complexity index is 887. The fraction of sp³-hybridized carbons (Fsp3) is 0.429. The van der Waals surface area contributed by atoms with Crippen molar-refractivity contribution >= 4 is 34.2 Å². The second kappa shape index (κ2) is 13.4. The Balaban J connectivity index is 1.94. The second-order valence-corrected chi connectivity index (χ2v) is 7.52. The lowest BCUT2D eigenvalue weighted by Crippen LogP contribution is -2.40. The summed E-state index contributed by atoms with van der Waals surface area (Å²) in [5.41, 5.74) is 0.983. The van der Waals surface area contributed by atoms with Gasteiger partial charge in [0.05, 0.1) is 32.4 Å². The maximum atomic E-state index is 12.9. The topological polar surface area (TPSA) is 119 Å². The molecular formula is C21H28N4O6S. The van der Waals surface area contributed by atoms with Gasteiger partial charge in [-0.2, -0.15) is 0 Å². The number of benzene rings is 1. The highest BCUT2D eigenvalue weighted by Gasteiger charge is 2.20. The van der Waals surface area contributed by atoms with Crippen molar-refractivity contribution in [3.63, 3.8) is 0 Å². The van der Waals surface area contributed by atoms with Gasteiger partial charge in [0.1, 0.15) is 12.3 Å². The standard InChI is InChI=1S/C21H28N4O6S/c1-29-10-8-22-18(26)12-16-14-32-21(23-16)24-19(27)13-25(9-11-30-2)20(28)15-4-6-17(31-3)7-5-15/h4-7,14H,8-13H2,1-3H3,(H,22,26)(H,23,24,27). The van der Waals surface area contributed by atoms with Crippen molar-refractivity contribution in [2.75, 3.05) is 59.5 Å². The first kappa shape index (κ1) is 25.2. The fourth-order valence-corrected chi connectivity index (χ4v) is 3.39. The van der Waals surface area contributed by atoms with Gasteiger partial charge in [0.2, 0.25) is 11.8 Å². The number of rotatable bonds is 13. The number of nitrogens with one attached hydrogen (secondary N) is 2. The molecule has 1 heterocycles. The molecule has 0 unspecified atom stereocenters. The number of carbonyl (C=O) groups is 3. The van der Waals surface area contributed by atoms with Gasteiger partial charge in [-0.3, -0.25) is 14.4 Å². The summed E-state index contributed by atoms with van der Waals surface area (Å²) in [5.74, 6) is -0.239. The Morgan fingerprint density at radius 2 is 1.75 bits per heavy atom. The largest absolute Gasteiger partial charge is 0.497 e. The number of ether oxygens (including phenoxy) is 3. The summed E-state index contributed by atoms with van der Waals surface area (Å²) >= 11 is 1.21. The van der Waals surface area contributed by atoms with Crippen molar-refractivity contribution in [3.05, 3.63) is 40.9 Å². The molecule has 174 valence electrons. The molecule has 0 spiro atoms. The summed E-state index contributed by atoms with van der Waals surface area (Å²) in [5, 5.41) is 7.46. The molecule has 0 saturated carbocycles. The molecule has 2 N–H and O–H groups in total. The van der Waals surface area contributed by atoms with Gasteiger partial charge in [0.15, 0.2) is 5.13 Å². The number of hydrogen-bond acceptors (Lipinski definition) is 8. The molecule has 0 bridgehead atoms.